The largest absolute Gasteiger partial charge is 0.267 e. The minimum Gasteiger partial charge on any atom is -0.221 e. The van der Waals surface area contributed by atoms with E-state index < -0.39 is 27.3 Å². The number of rotatable bonds is 5. The van der Waals surface area contributed by atoms with Gasteiger partial charge < -0.3 is 0 Å². The minimum atomic E-state index is -3.68. The average Bonchev–Trinajstić information content (AvgIpc) is 3.05. The number of benzene rings is 1. The first-order valence-electron chi connectivity index (χ1n) is 9.74. The first kappa shape index (κ1) is 22.3. The van der Waals surface area contributed by atoms with E-state index in [0.717, 1.165) is 12.7 Å². The van der Waals surface area contributed by atoms with Crippen molar-refractivity contribution in [2.75, 3.05) is 6.26 Å². The second-order valence-electron chi connectivity index (χ2n) is 7.70. The highest BCUT2D eigenvalue weighted by Gasteiger charge is 2.28. The van der Waals surface area contributed by atoms with Crippen LogP contribution >= 0.6 is 0 Å². The van der Waals surface area contributed by atoms with Crippen molar-refractivity contribution < 1.29 is 21.6 Å². The van der Waals surface area contributed by atoms with Crippen LogP contribution in [0.4, 0.5) is 13.2 Å². The van der Waals surface area contributed by atoms with Gasteiger partial charge in [-0.05, 0) is 31.3 Å². The molecule has 1 aliphatic rings. The van der Waals surface area contributed by atoms with E-state index in [2.05, 4.69) is 10.1 Å². The summed E-state index contributed by atoms with van der Waals surface area (Å²) in [6, 6.07) is 1.28. The van der Waals surface area contributed by atoms with Crippen LogP contribution in [-0.4, -0.2) is 29.4 Å². The van der Waals surface area contributed by atoms with Crippen LogP contribution in [0.25, 0.3) is 11.3 Å². The first-order chi connectivity index (χ1) is 14.0. The topological polar surface area (TPSA) is 64.8 Å². The first-order valence-corrected chi connectivity index (χ1v) is 11.6. The fourth-order valence-corrected chi connectivity index (χ4v) is 4.00. The van der Waals surface area contributed by atoms with E-state index in [9.17, 15) is 21.6 Å². The second-order valence-corrected chi connectivity index (χ2v) is 9.61. The van der Waals surface area contributed by atoms with Crippen LogP contribution in [0.15, 0.2) is 28.9 Å². The Morgan fingerprint density at radius 2 is 1.83 bits per heavy atom. The van der Waals surface area contributed by atoms with Gasteiger partial charge in [0.1, 0.15) is 23.3 Å². The summed E-state index contributed by atoms with van der Waals surface area (Å²) in [6.07, 6.45) is 4.91. The molecule has 0 saturated carbocycles. The van der Waals surface area contributed by atoms with Gasteiger partial charge in [0, 0.05) is 30.4 Å². The van der Waals surface area contributed by atoms with E-state index in [-0.39, 0.29) is 22.2 Å². The molecule has 0 N–H and O–H groups in total. The van der Waals surface area contributed by atoms with E-state index in [1.54, 1.807) is 6.92 Å². The molecule has 2 aromatic rings. The summed E-state index contributed by atoms with van der Waals surface area (Å²) in [5.74, 6) is -2.54. The van der Waals surface area contributed by atoms with Crippen LogP contribution in [-0.2, 0) is 16.3 Å². The summed E-state index contributed by atoms with van der Waals surface area (Å²) in [6.45, 7) is 5.70. The summed E-state index contributed by atoms with van der Waals surface area (Å²) < 4.78 is 68.6. The van der Waals surface area contributed by atoms with Crippen LogP contribution in [0.3, 0.4) is 0 Å². The number of aryl methyl sites for hydroxylation is 1. The Bertz CT molecular complexity index is 1130. The summed E-state index contributed by atoms with van der Waals surface area (Å²) in [5.41, 5.74) is 0.947. The predicted octanol–water partition coefficient (Wildman–Crippen LogP) is 4.80. The molecule has 0 bridgehead atoms. The normalized spacial score (nSPS) is 16.0. The summed E-state index contributed by atoms with van der Waals surface area (Å²) in [5, 5.41) is 3.86. The van der Waals surface area contributed by atoms with E-state index >= 15 is 0 Å². The zero-order valence-electron chi connectivity index (χ0n) is 17.3. The number of halogens is 3. The molecule has 0 spiro atoms. The maximum atomic E-state index is 14.8. The molecule has 0 saturated heterocycles. The SMILES string of the molecule is CCC(C)CC1=C(c2c(F)cc(F)cc2F)C(C)=CCCc2nc(S(C)(=O)=O)nn21. The van der Waals surface area contributed by atoms with Crippen LogP contribution in [0.5, 0.6) is 0 Å². The van der Waals surface area contributed by atoms with Gasteiger partial charge in [-0.3, -0.25) is 0 Å². The van der Waals surface area contributed by atoms with Gasteiger partial charge in [-0.1, -0.05) is 26.3 Å². The highest BCUT2D eigenvalue weighted by Crippen LogP contribution is 2.38. The van der Waals surface area contributed by atoms with Crippen LogP contribution in [0.1, 0.15) is 51.4 Å². The van der Waals surface area contributed by atoms with Gasteiger partial charge in [-0.2, -0.15) is 0 Å². The minimum absolute atomic E-state index is 0.118. The third kappa shape index (κ3) is 4.35. The van der Waals surface area contributed by atoms with Crippen molar-refractivity contribution in [2.24, 2.45) is 5.92 Å². The van der Waals surface area contributed by atoms with Gasteiger partial charge in [-0.15, -0.1) is 5.10 Å². The molecular weight excluding hydrogens is 415 g/mol. The molecule has 9 heteroatoms. The summed E-state index contributed by atoms with van der Waals surface area (Å²) in [7, 11) is -3.68. The number of hydrogen-bond acceptors (Lipinski definition) is 4. The molecule has 1 unspecified atom stereocenters. The Kier molecular flexibility index (Phi) is 6.21. The number of sulfone groups is 1. The van der Waals surface area contributed by atoms with Crippen molar-refractivity contribution in [1.82, 2.24) is 14.8 Å². The molecule has 2 heterocycles. The molecule has 1 atom stereocenters. The van der Waals surface area contributed by atoms with Gasteiger partial charge in [0.2, 0.25) is 9.84 Å². The third-order valence-electron chi connectivity index (χ3n) is 5.24. The van der Waals surface area contributed by atoms with Crippen molar-refractivity contribution in [3.63, 3.8) is 0 Å². The van der Waals surface area contributed by atoms with E-state index in [4.69, 9.17) is 0 Å². The lowest BCUT2D eigenvalue weighted by molar-refractivity contribution is 0.537. The van der Waals surface area contributed by atoms with Crippen LogP contribution < -0.4 is 0 Å². The molecule has 0 fully saturated rings. The summed E-state index contributed by atoms with van der Waals surface area (Å²) in [4.78, 5) is 4.17. The maximum Gasteiger partial charge on any atom is 0.267 e. The number of allylic oxidation sites excluding steroid dienone is 4. The lowest BCUT2D eigenvalue weighted by Gasteiger charge is -2.23. The quantitative estimate of drug-likeness (QED) is 0.672. The molecule has 0 amide bonds. The van der Waals surface area contributed by atoms with Crippen molar-refractivity contribution >= 4 is 21.1 Å². The van der Waals surface area contributed by atoms with Crippen molar-refractivity contribution in [3.05, 3.63) is 52.6 Å². The van der Waals surface area contributed by atoms with Gasteiger partial charge in [-0.25, -0.2) is 31.3 Å². The van der Waals surface area contributed by atoms with Gasteiger partial charge >= 0.3 is 0 Å². The number of aromatic nitrogens is 3. The van der Waals surface area contributed by atoms with E-state index in [0.29, 0.717) is 48.5 Å². The van der Waals surface area contributed by atoms with Crippen molar-refractivity contribution in [3.8, 4) is 0 Å². The fourth-order valence-electron chi connectivity index (χ4n) is 3.50. The number of nitrogens with zero attached hydrogens (tertiary/aromatic N) is 3. The Labute approximate surface area is 174 Å². The Hall–Kier alpha value is -2.42. The lowest BCUT2D eigenvalue weighted by Crippen LogP contribution is -2.14. The highest BCUT2D eigenvalue weighted by molar-refractivity contribution is 7.90. The molecule has 0 aliphatic carbocycles. The molecule has 3 rings (SSSR count). The zero-order valence-corrected chi connectivity index (χ0v) is 18.2. The Balaban J connectivity index is 2.41. The van der Waals surface area contributed by atoms with Crippen LogP contribution in [0, 0.1) is 23.4 Å². The standard InChI is InChI=1S/C21H24F3N3O2S/c1-5-12(2)9-17-19(20-15(23)10-14(22)11-16(20)24)13(3)7-6-8-18-25-21(26-27(17)18)30(4,28)29/h7,10-12H,5-6,8-9H2,1-4H3. The molecule has 162 valence electrons. The molecule has 0 radical (unpaired) electrons. The number of hydrogen-bond donors (Lipinski definition) is 0. The van der Waals surface area contributed by atoms with Crippen molar-refractivity contribution in [2.45, 2.75) is 51.6 Å². The molecular formula is C21H24F3N3O2S. The fraction of sp³-hybridized carbons (Fsp3) is 0.429. The van der Waals surface area contributed by atoms with Crippen molar-refractivity contribution in [1.29, 1.82) is 0 Å². The molecule has 5 nitrogen and oxygen atoms in total. The van der Waals surface area contributed by atoms with E-state index in [1.165, 1.54) is 4.68 Å². The third-order valence-corrected chi connectivity index (χ3v) is 6.08. The second kappa shape index (κ2) is 8.37. The van der Waals surface area contributed by atoms with E-state index in [1.807, 2.05) is 19.9 Å². The van der Waals surface area contributed by atoms with Crippen LogP contribution in [0.2, 0.25) is 0 Å². The maximum absolute atomic E-state index is 14.8. The number of fused-ring (bicyclic) bond motifs is 1. The zero-order chi connectivity index (χ0) is 22.2. The van der Waals surface area contributed by atoms with Gasteiger partial charge in [0.15, 0.2) is 0 Å². The molecule has 1 aromatic heterocycles. The Morgan fingerprint density at radius 3 is 2.40 bits per heavy atom. The summed E-state index contributed by atoms with van der Waals surface area (Å²) >= 11 is 0. The van der Waals surface area contributed by atoms with Gasteiger partial charge in [0.25, 0.3) is 5.16 Å². The van der Waals surface area contributed by atoms with Gasteiger partial charge in [0.05, 0.1) is 11.3 Å². The smallest absolute Gasteiger partial charge is 0.221 e. The molecule has 1 aromatic carbocycles. The predicted molar refractivity (Wildman–Crippen MR) is 109 cm³/mol. The highest BCUT2D eigenvalue weighted by atomic mass is 32.2. The monoisotopic (exact) mass is 439 g/mol. The molecule has 1 aliphatic heterocycles. The average molecular weight is 440 g/mol. The Morgan fingerprint density at radius 1 is 1.20 bits per heavy atom. The molecule has 30 heavy (non-hydrogen) atoms. The lowest BCUT2D eigenvalue weighted by atomic mass is 9.90.